The van der Waals surface area contributed by atoms with Gasteiger partial charge in [-0.15, -0.1) is 10.5 Å². The minimum atomic E-state index is -0.400. The Morgan fingerprint density at radius 3 is 2.33 bits per heavy atom. The molecule has 0 radical (unpaired) electrons. The number of hydrogen-bond acceptors (Lipinski definition) is 0. The van der Waals surface area contributed by atoms with Gasteiger partial charge in [-0.05, 0) is 18.4 Å². The van der Waals surface area contributed by atoms with Gasteiger partial charge in [-0.25, -0.2) is 0 Å². The zero-order valence-electron chi connectivity index (χ0n) is 5.92. The highest BCUT2D eigenvalue weighted by Crippen LogP contribution is 2.09. The Kier molecular flexibility index (Phi) is 5.04. The van der Waals surface area contributed by atoms with Crippen molar-refractivity contribution in [3.63, 3.8) is 0 Å². The van der Waals surface area contributed by atoms with Gasteiger partial charge in [0, 0.05) is 0 Å². The summed E-state index contributed by atoms with van der Waals surface area (Å²) in [6, 6.07) is 0. The number of hydrogen-bond donors (Lipinski definition) is 2. The second-order valence-electron chi connectivity index (χ2n) is 1.98. The lowest BCUT2D eigenvalue weighted by Gasteiger charge is -1.99. The maximum Gasteiger partial charge on any atom is 0.204 e. The minimum Gasteiger partial charge on any atom is -0.337 e. The van der Waals surface area contributed by atoms with Gasteiger partial charge in [0.15, 0.2) is 0 Å². The molecule has 0 fully saturated rings. The van der Waals surface area contributed by atoms with Gasteiger partial charge >= 0.3 is 0 Å². The van der Waals surface area contributed by atoms with E-state index in [4.69, 9.17) is 10.2 Å². The number of aliphatic hydroxyl groups excluding tert-OH is 1. The lowest BCUT2D eigenvalue weighted by atomic mass is 10.4. The lowest BCUT2D eigenvalue weighted by molar-refractivity contribution is 0.384. The Hall–Kier alpha value is 0.140. The van der Waals surface area contributed by atoms with Crippen LogP contribution in [0.4, 0.5) is 0 Å². The van der Waals surface area contributed by atoms with E-state index in [0.717, 1.165) is 18.6 Å². The first kappa shape index (κ1) is 9.14. The number of unbranched alkanes of at least 4 members (excludes halogenated alkanes) is 1. The van der Waals surface area contributed by atoms with Crippen LogP contribution in [-0.2, 0) is 0 Å². The van der Waals surface area contributed by atoms with Crippen molar-refractivity contribution in [2.75, 3.05) is 12.0 Å². The molecule has 56 valence electrons. The summed E-state index contributed by atoms with van der Waals surface area (Å²) in [5, 5.41) is 16.7. The van der Waals surface area contributed by atoms with Crippen LogP contribution in [0.15, 0.2) is 0 Å². The van der Waals surface area contributed by atoms with Gasteiger partial charge in [-0.2, -0.15) is 0 Å². The second kappa shape index (κ2) is 4.97. The summed E-state index contributed by atoms with van der Waals surface area (Å²) in [6.07, 6.45) is 4.03. The molecule has 0 aliphatic heterocycles. The van der Waals surface area contributed by atoms with Crippen LogP contribution in [-0.4, -0.2) is 27.5 Å². The normalized spacial score (nSPS) is 13.3. The molecule has 2 N–H and O–H groups in total. The molecule has 3 heteroatoms. The fourth-order valence-corrected chi connectivity index (χ4v) is 1.36. The number of rotatable bonds is 3. The molecular formula is C6H14O2S. The highest BCUT2D eigenvalue weighted by molar-refractivity contribution is 8.14. The molecule has 0 aliphatic rings. The quantitative estimate of drug-likeness (QED) is 0.603. The van der Waals surface area contributed by atoms with Crippen molar-refractivity contribution < 1.29 is 10.2 Å². The van der Waals surface area contributed by atoms with Crippen LogP contribution < -0.4 is 0 Å². The summed E-state index contributed by atoms with van der Waals surface area (Å²) in [5.41, 5.74) is 0. The zero-order valence-corrected chi connectivity index (χ0v) is 6.74. The predicted octanol–water partition coefficient (Wildman–Crippen LogP) is 1.89. The van der Waals surface area contributed by atoms with Crippen LogP contribution in [0.1, 0.15) is 19.8 Å². The smallest absolute Gasteiger partial charge is 0.204 e. The fraction of sp³-hybridized carbons (Fsp3) is 0.833. The molecule has 0 saturated heterocycles. The van der Waals surface area contributed by atoms with Crippen molar-refractivity contribution >= 4 is 15.7 Å². The van der Waals surface area contributed by atoms with E-state index in [1.807, 2.05) is 6.26 Å². The molecule has 0 rings (SSSR count). The van der Waals surface area contributed by atoms with Crippen molar-refractivity contribution in [2.24, 2.45) is 0 Å². The van der Waals surface area contributed by atoms with Crippen molar-refractivity contribution in [2.45, 2.75) is 19.8 Å². The van der Waals surface area contributed by atoms with E-state index in [1.165, 1.54) is 0 Å². The highest BCUT2D eigenvalue weighted by Gasteiger charge is 1.91. The third-order valence-corrected chi connectivity index (χ3v) is 2.64. The van der Waals surface area contributed by atoms with Crippen molar-refractivity contribution in [1.82, 2.24) is 0 Å². The zero-order chi connectivity index (χ0) is 7.28. The van der Waals surface area contributed by atoms with Crippen LogP contribution >= 0.6 is 10.5 Å². The Morgan fingerprint density at radius 1 is 1.44 bits per heavy atom. The van der Waals surface area contributed by atoms with Crippen LogP contribution in [0.3, 0.4) is 0 Å². The first-order valence-corrected chi connectivity index (χ1v) is 4.86. The minimum absolute atomic E-state index is 0.294. The second-order valence-corrected chi connectivity index (χ2v) is 4.03. The molecule has 0 bridgehead atoms. The van der Waals surface area contributed by atoms with E-state index in [2.05, 4.69) is 6.92 Å². The molecule has 0 aromatic rings. The first-order chi connectivity index (χ1) is 4.18. The largest absolute Gasteiger partial charge is 0.337 e. The third kappa shape index (κ3) is 4.63. The average molecular weight is 150 g/mol. The fourth-order valence-electron chi connectivity index (χ4n) is 0.452. The van der Waals surface area contributed by atoms with E-state index in [0.29, 0.717) is 0 Å². The van der Waals surface area contributed by atoms with Crippen molar-refractivity contribution in [3.05, 3.63) is 0 Å². The van der Waals surface area contributed by atoms with E-state index < -0.39 is 5.24 Å². The molecule has 0 saturated carbocycles. The van der Waals surface area contributed by atoms with E-state index in [1.54, 1.807) is 0 Å². The summed E-state index contributed by atoms with van der Waals surface area (Å²) in [5.74, 6) is 0.902. The van der Waals surface area contributed by atoms with Crippen LogP contribution in [0.2, 0.25) is 0 Å². The van der Waals surface area contributed by atoms with Crippen molar-refractivity contribution in [1.29, 1.82) is 0 Å². The van der Waals surface area contributed by atoms with Crippen molar-refractivity contribution in [3.8, 4) is 0 Å². The molecular weight excluding hydrogens is 136 g/mol. The molecule has 0 aliphatic carbocycles. The Balaban J connectivity index is 3.50. The van der Waals surface area contributed by atoms with Crippen LogP contribution in [0.25, 0.3) is 0 Å². The average Bonchev–Trinajstić information content (AvgIpc) is 1.82. The van der Waals surface area contributed by atoms with E-state index >= 15 is 0 Å². The molecule has 0 spiro atoms. The highest BCUT2D eigenvalue weighted by atomic mass is 32.2. The Bertz CT molecular complexity index is 106. The molecule has 0 aromatic heterocycles. The van der Waals surface area contributed by atoms with Crippen LogP contribution in [0, 0.1) is 0 Å². The third-order valence-electron chi connectivity index (χ3n) is 1.12. The van der Waals surface area contributed by atoms with Gasteiger partial charge in [0.05, 0.1) is 0 Å². The van der Waals surface area contributed by atoms with Gasteiger partial charge in [0.2, 0.25) is 5.24 Å². The van der Waals surface area contributed by atoms with Gasteiger partial charge in [0.25, 0.3) is 0 Å². The topological polar surface area (TPSA) is 40.5 Å². The van der Waals surface area contributed by atoms with Gasteiger partial charge in [0.1, 0.15) is 0 Å². The van der Waals surface area contributed by atoms with Gasteiger partial charge in [-0.3, -0.25) is 0 Å². The maximum atomic E-state index is 8.53. The molecule has 9 heavy (non-hydrogen) atoms. The number of aliphatic hydroxyl groups is 2. The predicted molar refractivity (Wildman–Crippen MR) is 43.6 cm³/mol. The summed E-state index contributed by atoms with van der Waals surface area (Å²) in [6.45, 7) is 2.09. The summed E-state index contributed by atoms with van der Waals surface area (Å²) >= 11 is 0. The van der Waals surface area contributed by atoms with Gasteiger partial charge in [-0.1, -0.05) is 13.3 Å². The van der Waals surface area contributed by atoms with Gasteiger partial charge < -0.3 is 10.2 Å². The molecule has 0 aromatic carbocycles. The molecule has 1 unspecified atom stereocenters. The first-order valence-electron chi connectivity index (χ1n) is 3.06. The summed E-state index contributed by atoms with van der Waals surface area (Å²) in [4.78, 5) is 0. The summed E-state index contributed by atoms with van der Waals surface area (Å²) < 4.78 is 0. The Labute approximate surface area is 58.4 Å². The van der Waals surface area contributed by atoms with Crippen LogP contribution in [0.5, 0.6) is 0 Å². The monoisotopic (exact) mass is 150 g/mol. The van der Waals surface area contributed by atoms with E-state index in [-0.39, 0.29) is 10.5 Å². The molecule has 0 amide bonds. The lowest BCUT2D eigenvalue weighted by Crippen LogP contribution is -1.95. The molecule has 2 nitrogen and oxygen atoms in total. The molecule has 1 atom stereocenters. The maximum absolute atomic E-state index is 8.53. The standard InChI is InChI=1S/C6H14O2S/c1-3-4-5-9(2)6(7)8/h7-8H,3-5H2,1-2H3. The Morgan fingerprint density at radius 2 is 2.00 bits per heavy atom. The SMILES string of the molecule is CCCCS(C)=C(O)O. The summed E-state index contributed by atoms with van der Waals surface area (Å²) in [7, 11) is -0.294. The van der Waals surface area contributed by atoms with E-state index in [9.17, 15) is 0 Å². The molecule has 0 heterocycles.